The fourth-order valence-corrected chi connectivity index (χ4v) is 4.90. The molecule has 1 aliphatic heterocycles. The highest BCUT2D eigenvalue weighted by molar-refractivity contribution is 7.92. The summed E-state index contributed by atoms with van der Waals surface area (Å²) in [5, 5.41) is 0. The summed E-state index contributed by atoms with van der Waals surface area (Å²) < 4.78 is 38.0. The SMILES string of the molecule is CS(=O)(=O)Nc1ccccc1OC/C=C/CN1CCC(OC(c2ccccc2)c2ccccc2)CC1. The molecule has 190 valence electrons. The molecule has 0 bridgehead atoms. The Bertz CT molecular complexity index is 1170. The predicted octanol–water partition coefficient (Wildman–Crippen LogP) is 5.26. The lowest BCUT2D eigenvalue weighted by Gasteiger charge is -2.33. The van der Waals surface area contributed by atoms with Crippen LogP contribution in [0.1, 0.15) is 30.1 Å². The van der Waals surface area contributed by atoms with E-state index in [4.69, 9.17) is 9.47 Å². The average Bonchev–Trinajstić information content (AvgIpc) is 2.89. The van der Waals surface area contributed by atoms with Gasteiger partial charge in [-0.15, -0.1) is 0 Å². The number of benzene rings is 3. The van der Waals surface area contributed by atoms with Crippen molar-refractivity contribution in [3.8, 4) is 5.75 Å². The summed E-state index contributed by atoms with van der Waals surface area (Å²) in [4.78, 5) is 2.41. The molecule has 0 aliphatic carbocycles. The van der Waals surface area contributed by atoms with E-state index in [1.54, 1.807) is 18.2 Å². The second-order valence-electron chi connectivity index (χ2n) is 8.99. The van der Waals surface area contributed by atoms with Crippen LogP contribution >= 0.6 is 0 Å². The van der Waals surface area contributed by atoms with Crippen molar-refractivity contribution in [1.29, 1.82) is 0 Å². The van der Waals surface area contributed by atoms with Gasteiger partial charge in [0.05, 0.1) is 18.0 Å². The maximum absolute atomic E-state index is 11.5. The molecule has 1 N–H and O–H groups in total. The first-order chi connectivity index (χ1) is 17.5. The highest BCUT2D eigenvalue weighted by atomic mass is 32.2. The lowest BCUT2D eigenvalue weighted by molar-refractivity contribution is -0.0254. The summed E-state index contributed by atoms with van der Waals surface area (Å²) in [6, 6.07) is 27.9. The Morgan fingerprint density at radius 2 is 1.47 bits per heavy atom. The largest absolute Gasteiger partial charge is 0.487 e. The van der Waals surface area contributed by atoms with Crippen LogP contribution in [0.5, 0.6) is 5.75 Å². The topological polar surface area (TPSA) is 67.9 Å². The molecule has 0 unspecified atom stereocenters. The lowest BCUT2D eigenvalue weighted by atomic mass is 10.00. The molecular weight excluding hydrogens is 472 g/mol. The fraction of sp³-hybridized carbons (Fsp3) is 0.310. The Balaban J connectivity index is 1.24. The van der Waals surface area contributed by atoms with E-state index in [0.29, 0.717) is 18.0 Å². The Morgan fingerprint density at radius 1 is 0.889 bits per heavy atom. The van der Waals surface area contributed by atoms with Gasteiger partial charge in [-0.1, -0.05) is 84.9 Å². The van der Waals surface area contributed by atoms with Crippen molar-refractivity contribution in [2.75, 3.05) is 37.2 Å². The van der Waals surface area contributed by atoms with Crippen LogP contribution in [0, 0.1) is 0 Å². The molecule has 3 aromatic rings. The van der Waals surface area contributed by atoms with E-state index >= 15 is 0 Å². The van der Waals surface area contributed by atoms with Crippen LogP contribution in [0.2, 0.25) is 0 Å². The number of anilines is 1. The quantitative estimate of drug-likeness (QED) is 0.359. The van der Waals surface area contributed by atoms with Crippen molar-refractivity contribution < 1.29 is 17.9 Å². The standard InChI is InChI=1S/C29H34N2O4S/c1-36(32,33)30-27-16-8-9-17-28(27)34-23-11-10-20-31-21-18-26(19-22-31)35-29(24-12-4-2-5-13-24)25-14-6-3-7-15-25/h2-17,26,29-30H,18-23H2,1H3/b11-10+. The molecule has 0 radical (unpaired) electrons. The Kier molecular flexibility index (Phi) is 9.17. The van der Waals surface area contributed by atoms with Gasteiger partial charge >= 0.3 is 0 Å². The maximum atomic E-state index is 11.5. The van der Waals surface area contributed by atoms with Gasteiger partial charge in [-0.25, -0.2) is 8.42 Å². The van der Waals surface area contributed by atoms with Gasteiger partial charge in [-0.2, -0.15) is 0 Å². The van der Waals surface area contributed by atoms with Crippen molar-refractivity contribution >= 4 is 15.7 Å². The third kappa shape index (κ3) is 7.95. The summed E-state index contributed by atoms with van der Waals surface area (Å²) in [5.41, 5.74) is 2.81. The van der Waals surface area contributed by atoms with E-state index in [0.717, 1.165) is 38.7 Å². The van der Waals surface area contributed by atoms with Gasteiger partial charge in [0.1, 0.15) is 18.5 Å². The van der Waals surface area contributed by atoms with Gasteiger partial charge < -0.3 is 9.47 Å². The Morgan fingerprint density at radius 3 is 2.08 bits per heavy atom. The van der Waals surface area contributed by atoms with Crippen LogP contribution in [-0.2, 0) is 14.8 Å². The average molecular weight is 507 g/mol. The van der Waals surface area contributed by atoms with Crippen molar-refractivity contribution in [2.24, 2.45) is 0 Å². The van der Waals surface area contributed by atoms with E-state index in [1.807, 2.05) is 24.3 Å². The molecule has 1 aliphatic rings. The number of piperidine rings is 1. The van der Waals surface area contributed by atoms with E-state index in [9.17, 15) is 8.42 Å². The first-order valence-corrected chi connectivity index (χ1v) is 14.2. The molecule has 6 nitrogen and oxygen atoms in total. The van der Waals surface area contributed by atoms with Gasteiger partial charge in [0, 0.05) is 19.6 Å². The number of nitrogens with one attached hydrogen (secondary N) is 1. The first-order valence-electron chi connectivity index (χ1n) is 12.3. The number of hydrogen-bond acceptors (Lipinski definition) is 5. The van der Waals surface area contributed by atoms with Gasteiger partial charge in [0.15, 0.2) is 0 Å². The molecule has 4 rings (SSSR count). The molecule has 0 saturated carbocycles. The summed E-state index contributed by atoms with van der Waals surface area (Å²) in [6.45, 7) is 3.18. The third-order valence-electron chi connectivity index (χ3n) is 6.12. The smallest absolute Gasteiger partial charge is 0.229 e. The normalized spacial score (nSPS) is 15.4. The molecule has 1 heterocycles. The van der Waals surface area contributed by atoms with Crippen molar-refractivity contribution in [3.05, 3.63) is 108 Å². The van der Waals surface area contributed by atoms with E-state index in [-0.39, 0.29) is 12.2 Å². The second-order valence-corrected chi connectivity index (χ2v) is 10.7. The van der Waals surface area contributed by atoms with Crippen LogP contribution in [0.4, 0.5) is 5.69 Å². The van der Waals surface area contributed by atoms with Gasteiger partial charge in [-0.05, 0) is 36.1 Å². The molecule has 36 heavy (non-hydrogen) atoms. The lowest BCUT2D eigenvalue weighted by Crippen LogP contribution is -2.37. The predicted molar refractivity (Wildman–Crippen MR) is 145 cm³/mol. The molecular formula is C29H34N2O4S. The van der Waals surface area contributed by atoms with Gasteiger partial charge in [-0.3, -0.25) is 9.62 Å². The van der Waals surface area contributed by atoms with E-state index in [2.05, 4.69) is 64.2 Å². The number of hydrogen-bond donors (Lipinski definition) is 1. The minimum Gasteiger partial charge on any atom is -0.487 e. The molecule has 0 aromatic heterocycles. The minimum absolute atomic E-state index is 0.0546. The van der Waals surface area contributed by atoms with Crippen LogP contribution in [0.15, 0.2) is 97.1 Å². The molecule has 7 heteroatoms. The zero-order valence-electron chi connectivity index (χ0n) is 20.6. The Labute approximate surface area is 214 Å². The molecule has 3 aromatic carbocycles. The number of likely N-dealkylation sites (tertiary alicyclic amines) is 1. The molecule has 1 saturated heterocycles. The number of para-hydroxylation sites is 2. The number of ether oxygens (including phenoxy) is 2. The monoisotopic (exact) mass is 506 g/mol. The zero-order valence-corrected chi connectivity index (χ0v) is 21.4. The van der Waals surface area contributed by atoms with Gasteiger partial charge in [0.25, 0.3) is 0 Å². The summed E-state index contributed by atoms with van der Waals surface area (Å²) in [7, 11) is -3.36. The summed E-state index contributed by atoms with van der Waals surface area (Å²) >= 11 is 0. The van der Waals surface area contributed by atoms with Crippen LogP contribution < -0.4 is 9.46 Å². The third-order valence-corrected chi connectivity index (χ3v) is 6.71. The molecule has 0 spiro atoms. The zero-order chi connectivity index (χ0) is 25.2. The first kappa shape index (κ1) is 25.9. The highest BCUT2D eigenvalue weighted by Gasteiger charge is 2.24. The summed E-state index contributed by atoms with van der Waals surface area (Å²) in [5.74, 6) is 0.511. The van der Waals surface area contributed by atoms with Crippen molar-refractivity contribution in [2.45, 2.75) is 25.0 Å². The van der Waals surface area contributed by atoms with Crippen LogP contribution in [0.25, 0.3) is 0 Å². The molecule has 0 amide bonds. The maximum Gasteiger partial charge on any atom is 0.229 e. The number of sulfonamides is 1. The molecule has 1 fully saturated rings. The fourth-order valence-electron chi connectivity index (χ4n) is 4.33. The molecule has 0 atom stereocenters. The Hall–Kier alpha value is -3.13. The number of nitrogens with zero attached hydrogens (tertiary/aromatic N) is 1. The second kappa shape index (κ2) is 12.7. The minimum atomic E-state index is -3.36. The summed E-state index contributed by atoms with van der Waals surface area (Å²) in [6.07, 6.45) is 7.35. The van der Waals surface area contributed by atoms with E-state index in [1.165, 1.54) is 11.1 Å². The highest BCUT2D eigenvalue weighted by Crippen LogP contribution is 2.30. The van der Waals surface area contributed by atoms with Crippen LogP contribution in [0.3, 0.4) is 0 Å². The number of rotatable bonds is 11. The van der Waals surface area contributed by atoms with Crippen molar-refractivity contribution in [3.63, 3.8) is 0 Å². The van der Waals surface area contributed by atoms with Crippen LogP contribution in [-0.4, -0.2) is 51.9 Å². The van der Waals surface area contributed by atoms with Gasteiger partial charge in [0.2, 0.25) is 10.0 Å². The van der Waals surface area contributed by atoms with E-state index < -0.39 is 10.0 Å². The van der Waals surface area contributed by atoms with Crippen molar-refractivity contribution in [1.82, 2.24) is 4.90 Å².